The highest BCUT2D eigenvalue weighted by Gasteiger charge is 2.16. The number of carbonyl (C=O) groups excluding carboxylic acids is 1. The van der Waals surface area contributed by atoms with Crippen LogP contribution in [0.2, 0.25) is 0 Å². The average molecular weight is 265 g/mol. The molecule has 4 N–H and O–H groups in total. The number of nitrogens with one attached hydrogen (secondary N) is 1. The summed E-state index contributed by atoms with van der Waals surface area (Å²) in [5.74, 6) is -0.0444. The van der Waals surface area contributed by atoms with Crippen molar-refractivity contribution in [2.75, 3.05) is 31.3 Å². The fraction of sp³-hybridized carbons (Fsp3) is 0.500. The fourth-order valence-corrected chi connectivity index (χ4v) is 1.78. The molecule has 0 bridgehead atoms. The number of anilines is 2. The number of amides is 1. The average Bonchev–Trinajstić information content (AvgIpc) is 2.34. The summed E-state index contributed by atoms with van der Waals surface area (Å²) in [5.41, 5.74) is 7.85. The molecule has 0 saturated heterocycles. The van der Waals surface area contributed by atoms with Crippen LogP contribution in [0.3, 0.4) is 0 Å². The van der Waals surface area contributed by atoms with Crippen molar-refractivity contribution in [2.24, 2.45) is 5.92 Å². The van der Waals surface area contributed by atoms with Crippen molar-refractivity contribution in [1.29, 1.82) is 0 Å². The highest BCUT2D eigenvalue weighted by atomic mass is 16.3. The molecule has 1 aromatic rings. The van der Waals surface area contributed by atoms with Gasteiger partial charge in [0.25, 0.3) is 5.91 Å². The third-order valence-corrected chi connectivity index (χ3v) is 3.09. The van der Waals surface area contributed by atoms with Gasteiger partial charge < -0.3 is 21.1 Å². The number of hydrogen-bond donors (Lipinski definition) is 3. The molecule has 0 fully saturated rings. The molecule has 0 saturated carbocycles. The molecule has 1 amide bonds. The number of nitrogen functional groups attached to an aromatic ring is 1. The van der Waals surface area contributed by atoms with Gasteiger partial charge in [0.05, 0.1) is 24.0 Å². The topological polar surface area (TPSA) is 78.6 Å². The highest BCUT2D eigenvalue weighted by Crippen LogP contribution is 2.22. The summed E-state index contributed by atoms with van der Waals surface area (Å²) in [6, 6.07) is 4.95. The van der Waals surface area contributed by atoms with Gasteiger partial charge in [-0.05, 0) is 24.1 Å². The second kappa shape index (κ2) is 6.43. The standard InChI is InChI=1S/C14H23N3O2/c1-9(2)12(8-18)16-14(19)10-5-6-13(17(3)4)11(15)7-10/h5-7,9,12,18H,8,15H2,1-4H3,(H,16,19). The predicted molar refractivity (Wildman–Crippen MR) is 78.4 cm³/mol. The van der Waals surface area contributed by atoms with Crippen molar-refractivity contribution in [2.45, 2.75) is 19.9 Å². The smallest absolute Gasteiger partial charge is 0.251 e. The molecular formula is C14H23N3O2. The molecule has 1 unspecified atom stereocenters. The summed E-state index contributed by atoms with van der Waals surface area (Å²) in [4.78, 5) is 14.0. The number of carbonyl (C=O) groups is 1. The zero-order valence-corrected chi connectivity index (χ0v) is 12.0. The molecule has 0 heterocycles. The van der Waals surface area contributed by atoms with E-state index in [1.807, 2.05) is 38.9 Å². The van der Waals surface area contributed by atoms with Gasteiger partial charge in [-0.2, -0.15) is 0 Å². The molecule has 0 aromatic heterocycles. The Balaban J connectivity index is 2.86. The lowest BCUT2D eigenvalue weighted by Gasteiger charge is -2.20. The monoisotopic (exact) mass is 265 g/mol. The van der Waals surface area contributed by atoms with Gasteiger partial charge in [-0.25, -0.2) is 0 Å². The van der Waals surface area contributed by atoms with Crippen molar-refractivity contribution in [3.8, 4) is 0 Å². The quantitative estimate of drug-likeness (QED) is 0.696. The van der Waals surface area contributed by atoms with E-state index in [1.54, 1.807) is 12.1 Å². The number of nitrogens with two attached hydrogens (primary N) is 1. The van der Waals surface area contributed by atoms with Gasteiger partial charge in [0.2, 0.25) is 0 Å². The first-order valence-corrected chi connectivity index (χ1v) is 6.35. The number of rotatable bonds is 5. The molecule has 0 radical (unpaired) electrons. The maximum atomic E-state index is 12.1. The first kappa shape index (κ1) is 15.3. The third kappa shape index (κ3) is 3.86. The van der Waals surface area contributed by atoms with Crippen LogP contribution in [0.25, 0.3) is 0 Å². The molecule has 106 valence electrons. The van der Waals surface area contributed by atoms with Crippen molar-refractivity contribution < 1.29 is 9.90 Å². The minimum atomic E-state index is -0.248. The van der Waals surface area contributed by atoms with Gasteiger partial charge in [-0.3, -0.25) is 4.79 Å². The number of benzene rings is 1. The van der Waals surface area contributed by atoms with Crippen molar-refractivity contribution in [1.82, 2.24) is 5.32 Å². The molecule has 1 rings (SSSR count). The Bertz CT molecular complexity index is 444. The van der Waals surface area contributed by atoms with Gasteiger partial charge in [-0.15, -0.1) is 0 Å². The maximum absolute atomic E-state index is 12.1. The largest absolute Gasteiger partial charge is 0.397 e. The lowest BCUT2D eigenvalue weighted by Crippen LogP contribution is -2.41. The second-order valence-corrected chi connectivity index (χ2v) is 5.17. The summed E-state index contributed by atoms with van der Waals surface area (Å²) in [5, 5.41) is 12.0. The fourth-order valence-electron chi connectivity index (χ4n) is 1.78. The predicted octanol–water partition coefficient (Wildman–Crippen LogP) is 1.08. The number of aliphatic hydroxyl groups is 1. The maximum Gasteiger partial charge on any atom is 0.251 e. The molecule has 0 aliphatic rings. The van der Waals surface area contributed by atoms with Crippen molar-refractivity contribution in [3.05, 3.63) is 23.8 Å². The first-order valence-electron chi connectivity index (χ1n) is 6.35. The third-order valence-electron chi connectivity index (χ3n) is 3.09. The van der Waals surface area contributed by atoms with E-state index in [-0.39, 0.29) is 24.5 Å². The van der Waals surface area contributed by atoms with Crippen LogP contribution in [0.5, 0.6) is 0 Å². The Labute approximate surface area is 114 Å². The van der Waals surface area contributed by atoms with E-state index in [2.05, 4.69) is 5.32 Å². The SMILES string of the molecule is CC(C)C(CO)NC(=O)c1ccc(N(C)C)c(N)c1. The Hall–Kier alpha value is -1.75. The van der Waals surface area contributed by atoms with Crippen LogP contribution in [-0.4, -0.2) is 37.8 Å². The van der Waals surface area contributed by atoms with E-state index in [0.717, 1.165) is 5.69 Å². The lowest BCUT2D eigenvalue weighted by molar-refractivity contribution is 0.0897. The van der Waals surface area contributed by atoms with E-state index in [4.69, 9.17) is 5.73 Å². The molecule has 5 heteroatoms. The molecule has 0 spiro atoms. The van der Waals surface area contributed by atoms with Gasteiger partial charge in [-0.1, -0.05) is 13.8 Å². The molecule has 0 aliphatic heterocycles. The number of nitrogens with zero attached hydrogens (tertiary/aromatic N) is 1. The Kier molecular flexibility index (Phi) is 5.18. The highest BCUT2D eigenvalue weighted by molar-refractivity contribution is 5.96. The molecule has 0 aliphatic carbocycles. The molecule has 1 atom stereocenters. The van der Waals surface area contributed by atoms with E-state index in [1.165, 1.54) is 0 Å². The Morgan fingerprint density at radius 1 is 1.42 bits per heavy atom. The molecule has 5 nitrogen and oxygen atoms in total. The van der Waals surface area contributed by atoms with Crippen molar-refractivity contribution >= 4 is 17.3 Å². The zero-order chi connectivity index (χ0) is 14.6. The van der Waals surface area contributed by atoms with Crippen LogP contribution >= 0.6 is 0 Å². The zero-order valence-electron chi connectivity index (χ0n) is 12.0. The van der Waals surface area contributed by atoms with E-state index < -0.39 is 0 Å². The van der Waals surface area contributed by atoms with Crippen LogP contribution < -0.4 is 16.0 Å². The number of hydrogen-bond acceptors (Lipinski definition) is 4. The Morgan fingerprint density at radius 2 is 2.05 bits per heavy atom. The number of aliphatic hydroxyl groups excluding tert-OH is 1. The van der Waals surface area contributed by atoms with Crippen LogP contribution in [0.1, 0.15) is 24.2 Å². The second-order valence-electron chi connectivity index (χ2n) is 5.17. The van der Waals surface area contributed by atoms with E-state index in [9.17, 15) is 9.90 Å². The first-order chi connectivity index (χ1) is 8.86. The Morgan fingerprint density at radius 3 is 2.47 bits per heavy atom. The lowest BCUT2D eigenvalue weighted by atomic mass is 10.0. The van der Waals surface area contributed by atoms with Gasteiger partial charge in [0, 0.05) is 19.7 Å². The van der Waals surface area contributed by atoms with Gasteiger partial charge >= 0.3 is 0 Å². The van der Waals surface area contributed by atoms with Crippen LogP contribution in [0.4, 0.5) is 11.4 Å². The molecule has 19 heavy (non-hydrogen) atoms. The molecule has 1 aromatic carbocycles. The van der Waals surface area contributed by atoms with Crippen molar-refractivity contribution in [3.63, 3.8) is 0 Å². The van der Waals surface area contributed by atoms with Gasteiger partial charge in [0.15, 0.2) is 0 Å². The summed E-state index contributed by atoms with van der Waals surface area (Å²) >= 11 is 0. The molecular weight excluding hydrogens is 242 g/mol. The normalized spacial score (nSPS) is 12.3. The summed E-state index contributed by atoms with van der Waals surface area (Å²) in [6.07, 6.45) is 0. The van der Waals surface area contributed by atoms with Crippen LogP contribution in [0.15, 0.2) is 18.2 Å². The van der Waals surface area contributed by atoms with E-state index in [0.29, 0.717) is 11.3 Å². The van der Waals surface area contributed by atoms with Crippen LogP contribution in [0, 0.1) is 5.92 Å². The summed E-state index contributed by atoms with van der Waals surface area (Å²) < 4.78 is 0. The summed E-state index contributed by atoms with van der Waals surface area (Å²) in [7, 11) is 3.79. The van der Waals surface area contributed by atoms with Crippen LogP contribution in [-0.2, 0) is 0 Å². The minimum absolute atomic E-state index is 0.0747. The summed E-state index contributed by atoms with van der Waals surface area (Å²) in [6.45, 7) is 3.82. The minimum Gasteiger partial charge on any atom is -0.397 e. The van der Waals surface area contributed by atoms with Gasteiger partial charge in [0.1, 0.15) is 0 Å². The van der Waals surface area contributed by atoms with E-state index >= 15 is 0 Å².